The van der Waals surface area contributed by atoms with Crippen LogP contribution in [0.3, 0.4) is 0 Å². The Morgan fingerprint density at radius 3 is 2.56 bits per heavy atom. The number of hydrogen-bond donors (Lipinski definition) is 1. The molecule has 0 bridgehead atoms. The van der Waals surface area contributed by atoms with Gasteiger partial charge in [-0.1, -0.05) is 13.3 Å². The summed E-state index contributed by atoms with van der Waals surface area (Å²) in [6, 6.07) is 0. The molecule has 0 heterocycles. The molecule has 1 fully saturated rings. The monoisotopic (exact) mass is 279 g/mol. The van der Waals surface area contributed by atoms with Gasteiger partial charge in [-0.25, -0.2) is 13.6 Å². The van der Waals surface area contributed by atoms with Gasteiger partial charge in [-0.05, 0) is 31.6 Å². The maximum atomic E-state index is 11.1. The van der Waals surface area contributed by atoms with Crippen molar-refractivity contribution < 1.29 is 17.9 Å². The average molecular weight is 279 g/mol. The lowest BCUT2D eigenvalue weighted by Gasteiger charge is -2.29. The first kappa shape index (κ1) is 15.9. The minimum Gasteiger partial charge on any atom is -0.381 e. The van der Waals surface area contributed by atoms with Gasteiger partial charge in [-0.15, -0.1) is 0 Å². The van der Waals surface area contributed by atoms with Gasteiger partial charge in [-0.3, -0.25) is 0 Å². The molecule has 0 amide bonds. The summed E-state index contributed by atoms with van der Waals surface area (Å²) in [5, 5.41) is 5.06. The molecule has 0 aliphatic heterocycles. The summed E-state index contributed by atoms with van der Waals surface area (Å²) in [7, 11) is -1.68. The maximum Gasteiger partial charge on any atom is 0.209 e. The van der Waals surface area contributed by atoms with Crippen LogP contribution < -0.4 is 5.14 Å². The Hall–Kier alpha value is -0.170. The minimum absolute atomic E-state index is 0.00390. The first-order valence-electron chi connectivity index (χ1n) is 6.59. The smallest absolute Gasteiger partial charge is 0.209 e. The van der Waals surface area contributed by atoms with Gasteiger partial charge in [0, 0.05) is 7.11 Å². The van der Waals surface area contributed by atoms with Crippen molar-refractivity contribution in [1.29, 1.82) is 0 Å². The van der Waals surface area contributed by atoms with E-state index < -0.39 is 10.0 Å². The topological polar surface area (TPSA) is 78.6 Å². The summed E-state index contributed by atoms with van der Waals surface area (Å²) in [6.07, 6.45) is 5.37. The molecule has 0 aromatic rings. The normalized spacial score (nSPS) is 27.1. The van der Waals surface area contributed by atoms with E-state index >= 15 is 0 Å². The molecule has 0 radical (unpaired) electrons. The van der Waals surface area contributed by atoms with Crippen molar-refractivity contribution >= 4 is 10.0 Å². The van der Waals surface area contributed by atoms with E-state index in [4.69, 9.17) is 14.6 Å². The molecule has 1 aliphatic rings. The van der Waals surface area contributed by atoms with Gasteiger partial charge < -0.3 is 9.47 Å². The van der Waals surface area contributed by atoms with Crippen LogP contribution in [0.25, 0.3) is 0 Å². The second-order valence-corrected chi connectivity index (χ2v) is 6.74. The van der Waals surface area contributed by atoms with Crippen LogP contribution in [0.15, 0.2) is 0 Å². The van der Waals surface area contributed by atoms with E-state index in [0.29, 0.717) is 6.61 Å². The lowest BCUT2D eigenvalue weighted by atomic mass is 9.95. The van der Waals surface area contributed by atoms with Crippen molar-refractivity contribution in [2.24, 2.45) is 11.1 Å². The zero-order chi connectivity index (χ0) is 13.6. The van der Waals surface area contributed by atoms with Crippen LogP contribution in [0, 0.1) is 5.92 Å². The van der Waals surface area contributed by atoms with Gasteiger partial charge in [0.1, 0.15) is 0 Å². The highest BCUT2D eigenvalue weighted by Crippen LogP contribution is 2.23. The van der Waals surface area contributed by atoms with Gasteiger partial charge in [0.2, 0.25) is 10.0 Å². The van der Waals surface area contributed by atoms with Crippen LogP contribution in [-0.4, -0.2) is 40.1 Å². The molecular formula is C12H25NO4S. The molecular weight excluding hydrogens is 254 g/mol. The van der Waals surface area contributed by atoms with E-state index in [-0.39, 0.29) is 23.9 Å². The number of methoxy groups -OCH3 is 1. The van der Waals surface area contributed by atoms with Crippen molar-refractivity contribution in [2.75, 3.05) is 19.5 Å². The zero-order valence-corrected chi connectivity index (χ0v) is 12.1. The lowest BCUT2D eigenvalue weighted by molar-refractivity contribution is -0.0383. The molecule has 5 nitrogen and oxygen atoms in total. The lowest BCUT2D eigenvalue weighted by Crippen LogP contribution is -2.31. The Labute approximate surface area is 110 Å². The molecule has 3 atom stereocenters. The fraction of sp³-hybridized carbons (Fsp3) is 1.00. The zero-order valence-electron chi connectivity index (χ0n) is 11.3. The first-order chi connectivity index (χ1) is 8.44. The van der Waals surface area contributed by atoms with Crippen LogP contribution in [0.4, 0.5) is 0 Å². The maximum absolute atomic E-state index is 11.1. The fourth-order valence-corrected chi connectivity index (χ4v) is 3.34. The number of nitrogens with two attached hydrogens (primary N) is 1. The summed E-state index contributed by atoms with van der Waals surface area (Å²) in [4.78, 5) is 0. The quantitative estimate of drug-likeness (QED) is 0.761. The predicted octanol–water partition coefficient (Wildman–Crippen LogP) is 1.28. The number of ether oxygens (including phenoxy) is 2. The SMILES string of the molecule is CCC(COC1CCCC(OC)C1)CS(N)(=O)=O. The molecule has 6 heteroatoms. The molecule has 0 saturated heterocycles. The largest absolute Gasteiger partial charge is 0.381 e. The van der Waals surface area contributed by atoms with Gasteiger partial charge >= 0.3 is 0 Å². The van der Waals surface area contributed by atoms with Gasteiger partial charge in [0.25, 0.3) is 0 Å². The Morgan fingerprint density at radius 2 is 2.00 bits per heavy atom. The molecule has 18 heavy (non-hydrogen) atoms. The average Bonchev–Trinajstić information content (AvgIpc) is 2.33. The van der Waals surface area contributed by atoms with E-state index in [0.717, 1.165) is 32.1 Å². The van der Waals surface area contributed by atoms with Crippen molar-refractivity contribution in [3.63, 3.8) is 0 Å². The molecule has 3 unspecified atom stereocenters. The number of sulfonamides is 1. The van der Waals surface area contributed by atoms with Crippen LogP contribution in [0.1, 0.15) is 39.0 Å². The van der Waals surface area contributed by atoms with Crippen LogP contribution in [-0.2, 0) is 19.5 Å². The summed E-state index contributed by atoms with van der Waals surface area (Å²) < 4.78 is 33.3. The van der Waals surface area contributed by atoms with E-state index in [1.807, 2.05) is 6.92 Å². The van der Waals surface area contributed by atoms with Crippen LogP contribution in [0.5, 0.6) is 0 Å². The molecule has 2 N–H and O–H groups in total. The number of rotatable bonds is 7. The van der Waals surface area contributed by atoms with Gasteiger partial charge in [-0.2, -0.15) is 0 Å². The molecule has 0 aromatic heterocycles. The van der Waals surface area contributed by atoms with E-state index in [1.165, 1.54) is 0 Å². The van der Waals surface area contributed by atoms with Gasteiger partial charge in [0.15, 0.2) is 0 Å². The predicted molar refractivity (Wildman–Crippen MR) is 70.8 cm³/mol. The molecule has 1 rings (SSSR count). The molecule has 108 valence electrons. The third kappa shape index (κ3) is 6.13. The van der Waals surface area contributed by atoms with Gasteiger partial charge in [0.05, 0.1) is 24.6 Å². The Balaban J connectivity index is 2.33. The third-order valence-electron chi connectivity index (χ3n) is 3.52. The highest BCUT2D eigenvalue weighted by Gasteiger charge is 2.23. The van der Waals surface area contributed by atoms with Crippen molar-refractivity contribution in [3.8, 4) is 0 Å². The minimum atomic E-state index is -3.41. The first-order valence-corrected chi connectivity index (χ1v) is 8.31. The second kappa shape index (κ2) is 7.43. The van der Waals surface area contributed by atoms with Crippen molar-refractivity contribution in [2.45, 2.75) is 51.2 Å². The Bertz CT molecular complexity index is 331. The summed E-state index contributed by atoms with van der Waals surface area (Å²) >= 11 is 0. The molecule has 1 saturated carbocycles. The van der Waals surface area contributed by atoms with E-state index in [2.05, 4.69) is 0 Å². The van der Waals surface area contributed by atoms with E-state index in [1.54, 1.807) is 7.11 Å². The summed E-state index contributed by atoms with van der Waals surface area (Å²) in [5.74, 6) is -0.00729. The Morgan fingerprint density at radius 1 is 1.33 bits per heavy atom. The van der Waals surface area contributed by atoms with E-state index in [9.17, 15) is 8.42 Å². The molecule has 0 aromatic carbocycles. The third-order valence-corrected chi connectivity index (χ3v) is 4.46. The van der Waals surface area contributed by atoms with Crippen LogP contribution in [0.2, 0.25) is 0 Å². The fourth-order valence-electron chi connectivity index (χ4n) is 2.35. The highest BCUT2D eigenvalue weighted by molar-refractivity contribution is 7.89. The van der Waals surface area contributed by atoms with Crippen LogP contribution >= 0.6 is 0 Å². The van der Waals surface area contributed by atoms with Crippen molar-refractivity contribution in [3.05, 3.63) is 0 Å². The summed E-state index contributed by atoms with van der Waals surface area (Å²) in [5.41, 5.74) is 0. The van der Waals surface area contributed by atoms with Crippen molar-refractivity contribution in [1.82, 2.24) is 0 Å². The second-order valence-electron chi connectivity index (χ2n) is 5.08. The Kier molecular flexibility index (Phi) is 6.55. The molecule has 1 aliphatic carbocycles. The summed E-state index contributed by atoms with van der Waals surface area (Å²) in [6.45, 7) is 2.42. The number of primary sulfonamides is 1. The standard InChI is InChI=1S/C12H25NO4S/c1-3-10(9-18(13,14)15)8-17-12-6-4-5-11(7-12)16-2/h10-12H,3-9H2,1-2H3,(H2,13,14,15). The molecule has 0 spiro atoms. The number of hydrogen-bond acceptors (Lipinski definition) is 4. The highest BCUT2D eigenvalue weighted by atomic mass is 32.2.